The third-order valence-electron chi connectivity index (χ3n) is 5.37. The highest BCUT2D eigenvalue weighted by molar-refractivity contribution is 7.13. The zero-order chi connectivity index (χ0) is 18.8. The summed E-state index contributed by atoms with van der Waals surface area (Å²) in [5.41, 5.74) is 2.64. The Hall–Kier alpha value is -2.21. The molecule has 27 heavy (non-hydrogen) atoms. The van der Waals surface area contributed by atoms with Gasteiger partial charge in [-0.25, -0.2) is 4.98 Å². The molecule has 1 saturated carbocycles. The van der Waals surface area contributed by atoms with Crippen molar-refractivity contribution in [3.63, 3.8) is 0 Å². The molecule has 4 rings (SSSR count). The van der Waals surface area contributed by atoms with E-state index in [0.717, 1.165) is 53.0 Å². The maximum Gasteiger partial charge on any atom is 0.261 e. The minimum absolute atomic E-state index is 0.0834. The Bertz CT molecular complexity index is 988. The molecule has 0 spiro atoms. The number of hydrogen-bond donors (Lipinski definition) is 1. The van der Waals surface area contributed by atoms with Gasteiger partial charge in [0.2, 0.25) is 5.95 Å². The number of aryl methyl sites for hydroxylation is 1. The fourth-order valence-corrected chi connectivity index (χ4v) is 4.79. The van der Waals surface area contributed by atoms with E-state index < -0.39 is 0 Å². The van der Waals surface area contributed by atoms with Gasteiger partial charge in [0, 0.05) is 22.8 Å². The quantitative estimate of drug-likeness (QED) is 0.673. The van der Waals surface area contributed by atoms with Gasteiger partial charge in [-0.3, -0.25) is 9.36 Å². The lowest BCUT2D eigenvalue weighted by molar-refractivity contribution is 0.353. The Kier molecular flexibility index (Phi) is 5.25. The fraction of sp³-hybridized carbons (Fsp3) is 0.476. The van der Waals surface area contributed by atoms with Crippen LogP contribution in [0.5, 0.6) is 0 Å². The first-order valence-corrected chi connectivity index (χ1v) is 10.8. The summed E-state index contributed by atoms with van der Waals surface area (Å²) in [6.07, 6.45) is 6.51. The molecule has 0 radical (unpaired) electrons. The van der Waals surface area contributed by atoms with Crippen molar-refractivity contribution in [2.75, 3.05) is 11.9 Å². The van der Waals surface area contributed by atoms with Crippen LogP contribution in [-0.2, 0) is 6.42 Å². The molecule has 142 valence electrons. The van der Waals surface area contributed by atoms with Crippen molar-refractivity contribution in [1.82, 2.24) is 14.5 Å². The minimum atomic E-state index is 0.0834. The lowest BCUT2D eigenvalue weighted by atomic mass is 9.94. The number of hydrogen-bond acceptors (Lipinski definition) is 5. The van der Waals surface area contributed by atoms with Crippen molar-refractivity contribution in [3.8, 4) is 10.4 Å². The van der Waals surface area contributed by atoms with Gasteiger partial charge in [-0.1, -0.05) is 32.3 Å². The molecule has 0 bridgehead atoms. The molecule has 1 N–H and O–H groups in total. The Morgan fingerprint density at radius 3 is 2.70 bits per heavy atom. The van der Waals surface area contributed by atoms with Gasteiger partial charge in [0.1, 0.15) is 5.65 Å². The van der Waals surface area contributed by atoms with E-state index in [1.54, 1.807) is 11.3 Å². The topological polar surface area (TPSA) is 59.8 Å². The molecule has 1 fully saturated rings. The van der Waals surface area contributed by atoms with Gasteiger partial charge < -0.3 is 5.32 Å². The van der Waals surface area contributed by atoms with Crippen LogP contribution in [0, 0.1) is 0 Å². The molecule has 0 unspecified atom stereocenters. The van der Waals surface area contributed by atoms with Crippen molar-refractivity contribution in [2.45, 2.75) is 58.4 Å². The summed E-state index contributed by atoms with van der Waals surface area (Å²) in [5.74, 6) is 0.620. The van der Waals surface area contributed by atoms with Crippen molar-refractivity contribution in [1.29, 1.82) is 0 Å². The smallest absolute Gasteiger partial charge is 0.261 e. The summed E-state index contributed by atoms with van der Waals surface area (Å²) >= 11 is 1.61. The number of pyridine rings is 1. The molecular weight excluding hydrogens is 356 g/mol. The van der Waals surface area contributed by atoms with Crippen LogP contribution in [-0.4, -0.2) is 21.1 Å². The number of anilines is 1. The van der Waals surface area contributed by atoms with Crippen LogP contribution in [0.2, 0.25) is 0 Å². The van der Waals surface area contributed by atoms with E-state index in [0.29, 0.717) is 5.95 Å². The van der Waals surface area contributed by atoms with Gasteiger partial charge >= 0.3 is 0 Å². The summed E-state index contributed by atoms with van der Waals surface area (Å²) in [6.45, 7) is 4.90. The number of fused-ring (bicyclic) bond motifs is 1. The molecule has 0 atom stereocenters. The van der Waals surface area contributed by atoms with Gasteiger partial charge in [0.15, 0.2) is 0 Å². The summed E-state index contributed by atoms with van der Waals surface area (Å²) < 4.78 is 1.98. The first-order valence-electron chi connectivity index (χ1n) is 9.96. The van der Waals surface area contributed by atoms with Crippen LogP contribution in [0.3, 0.4) is 0 Å². The highest BCUT2D eigenvalue weighted by Crippen LogP contribution is 2.32. The van der Waals surface area contributed by atoms with Crippen LogP contribution in [0.1, 0.15) is 57.7 Å². The average molecular weight is 383 g/mol. The van der Waals surface area contributed by atoms with Crippen molar-refractivity contribution >= 4 is 28.3 Å². The molecule has 0 saturated heterocycles. The van der Waals surface area contributed by atoms with Crippen LogP contribution in [0.15, 0.2) is 28.4 Å². The SMILES string of the molecule is CCNc1nc(CC)c2cc(-c3cccs3)c(=O)n(C3CCCCC3)c2n1. The molecule has 3 aromatic heterocycles. The minimum Gasteiger partial charge on any atom is -0.354 e. The Morgan fingerprint density at radius 1 is 1.22 bits per heavy atom. The largest absolute Gasteiger partial charge is 0.354 e. The monoisotopic (exact) mass is 382 g/mol. The second-order valence-electron chi connectivity index (χ2n) is 7.12. The van der Waals surface area contributed by atoms with E-state index in [1.165, 1.54) is 19.3 Å². The van der Waals surface area contributed by atoms with Crippen LogP contribution < -0.4 is 10.9 Å². The van der Waals surface area contributed by atoms with E-state index >= 15 is 0 Å². The molecule has 1 aliphatic carbocycles. The lowest BCUT2D eigenvalue weighted by Gasteiger charge is -2.26. The molecule has 3 heterocycles. The van der Waals surface area contributed by atoms with E-state index in [1.807, 2.05) is 35.1 Å². The lowest BCUT2D eigenvalue weighted by Crippen LogP contribution is -2.29. The highest BCUT2D eigenvalue weighted by atomic mass is 32.1. The number of thiophene rings is 1. The molecule has 0 aliphatic heterocycles. The normalized spacial score (nSPS) is 15.3. The molecule has 5 nitrogen and oxygen atoms in total. The van der Waals surface area contributed by atoms with Gasteiger partial charge in [-0.05, 0) is 43.7 Å². The maximum absolute atomic E-state index is 13.5. The third-order valence-corrected chi connectivity index (χ3v) is 6.27. The van der Waals surface area contributed by atoms with Crippen molar-refractivity contribution < 1.29 is 0 Å². The number of nitrogens with zero attached hydrogens (tertiary/aromatic N) is 3. The van der Waals surface area contributed by atoms with Crippen LogP contribution >= 0.6 is 11.3 Å². The standard InChI is InChI=1S/C21H26N4OS/c1-3-17-15-13-16(18-11-8-12-27-18)20(26)25(14-9-6-5-7-10-14)19(15)24-21(23-17)22-4-2/h8,11-14H,3-7,9-10H2,1-2H3,(H,22,23,24). The molecule has 0 amide bonds. The first kappa shape index (κ1) is 18.2. The summed E-state index contributed by atoms with van der Waals surface area (Å²) in [7, 11) is 0. The molecule has 6 heteroatoms. The zero-order valence-electron chi connectivity index (χ0n) is 16.0. The number of aromatic nitrogens is 3. The Morgan fingerprint density at radius 2 is 2.04 bits per heavy atom. The van der Waals surface area contributed by atoms with Gasteiger partial charge in [0.25, 0.3) is 5.56 Å². The van der Waals surface area contributed by atoms with E-state index in [9.17, 15) is 4.79 Å². The molecule has 1 aliphatic rings. The molecule has 0 aromatic carbocycles. The number of rotatable bonds is 5. The predicted octanol–water partition coefficient (Wildman–Crippen LogP) is 5.02. The van der Waals surface area contributed by atoms with Gasteiger partial charge in [-0.15, -0.1) is 11.3 Å². The van der Waals surface area contributed by atoms with E-state index in [4.69, 9.17) is 9.97 Å². The maximum atomic E-state index is 13.5. The van der Waals surface area contributed by atoms with E-state index in [2.05, 4.69) is 12.2 Å². The Balaban J connectivity index is 2.03. The molecule has 3 aromatic rings. The third kappa shape index (κ3) is 3.38. The van der Waals surface area contributed by atoms with Crippen LogP contribution in [0.4, 0.5) is 5.95 Å². The average Bonchev–Trinajstić information content (AvgIpc) is 3.22. The van der Waals surface area contributed by atoms with E-state index in [-0.39, 0.29) is 11.6 Å². The predicted molar refractivity (Wildman–Crippen MR) is 113 cm³/mol. The number of nitrogens with one attached hydrogen (secondary N) is 1. The second kappa shape index (κ2) is 7.80. The van der Waals surface area contributed by atoms with Crippen molar-refractivity contribution in [2.24, 2.45) is 0 Å². The summed E-state index contributed by atoms with van der Waals surface area (Å²) in [4.78, 5) is 24.0. The fourth-order valence-electron chi connectivity index (χ4n) is 4.06. The highest BCUT2D eigenvalue weighted by Gasteiger charge is 2.23. The zero-order valence-corrected chi connectivity index (χ0v) is 16.8. The summed E-state index contributed by atoms with van der Waals surface area (Å²) in [5, 5.41) is 6.26. The Labute approximate surface area is 163 Å². The summed E-state index contributed by atoms with van der Waals surface area (Å²) in [6, 6.07) is 6.26. The van der Waals surface area contributed by atoms with Crippen molar-refractivity contribution in [3.05, 3.63) is 39.6 Å². The molecular formula is C21H26N4OS. The van der Waals surface area contributed by atoms with Gasteiger partial charge in [-0.2, -0.15) is 4.98 Å². The van der Waals surface area contributed by atoms with Crippen LogP contribution in [0.25, 0.3) is 21.5 Å². The first-order chi connectivity index (χ1) is 13.2. The van der Waals surface area contributed by atoms with Gasteiger partial charge in [0.05, 0.1) is 11.3 Å². The second-order valence-corrected chi connectivity index (χ2v) is 8.07.